The van der Waals surface area contributed by atoms with Crippen molar-refractivity contribution >= 4 is 20.2 Å². The fourth-order valence-electron chi connectivity index (χ4n) is 1.96. The zero-order valence-corrected chi connectivity index (χ0v) is 15.3. The number of aliphatic hydroxyl groups is 1. The molecule has 0 radical (unpaired) electrons. The maximum Gasteiger partial charge on any atom is 0.173 e. The Kier molecular flexibility index (Phi) is 10.2. The molecular weight excluding hydrogens is 321 g/mol. The second-order valence-corrected chi connectivity index (χ2v) is 6.71. The minimum Gasteiger partial charge on any atom is -0.391 e. The van der Waals surface area contributed by atoms with Crippen molar-refractivity contribution in [1.29, 1.82) is 0 Å². The molecule has 1 rings (SSSR count). The number of rotatable bonds is 11. The summed E-state index contributed by atoms with van der Waals surface area (Å²) in [5.41, 5.74) is 1.15. The molecular formula is C16H27ClNO3P. The Hall–Kier alpha value is -0.220. The lowest BCUT2D eigenvalue weighted by Gasteiger charge is -2.20. The third-order valence-corrected chi connectivity index (χ3v) is 4.81. The van der Waals surface area contributed by atoms with E-state index in [-0.39, 0.29) is 12.1 Å². The van der Waals surface area contributed by atoms with Gasteiger partial charge in [0, 0.05) is 30.8 Å². The molecule has 126 valence electrons. The molecule has 3 atom stereocenters. The van der Waals surface area contributed by atoms with Crippen LogP contribution in [0.5, 0.6) is 0 Å². The maximum atomic E-state index is 10.1. The third-order valence-electron chi connectivity index (χ3n) is 3.19. The van der Waals surface area contributed by atoms with Gasteiger partial charge in [0.15, 0.2) is 6.03 Å². The molecule has 0 aliphatic rings. The van der Waals surface area contributed by atoms with Gasteiger partial charge in [-0.05, 0) is 44.6 Å². The second kappa shape index (κ2) is 11.3. The molecule has 2 unspecified atom stereocenters. The summed E-state index contributed by atoms with van der Waals surface area (Å²) in [6.07, 6.45) is 0.266. The normalized spacial score (nSPS) is 14.8. The van der Waals surface area contributed by atoms with Gasteiger partial charge >= 0.3 is 0 Å². The largest absolute Gasteiger partial charge is 0.391 e. The van der Waals surface area contributed by atoms with Gasteiger partial charge in [0.2, 0.25) is 0 Å². The summed E-state index contributed by atoms with van der Waals surface area (Å²) in [5, 5.41) is 14.2. The standard InChI is InChI=1S/C16H27ClNO3P/c1-4-20-16(21-5-2)22-11-15(19)10-18-12(3)13-6-8-14(17)9-7-13/h6-9,12,15-16,18-19,22H,4-5,10-11H2,1-3H3/t12?,15-/m0/s1. The van der Waals surface area contributed by atoms with Crippen LogP contribution >= 0.6 is 20.2 Å². The van der Waals surface area contributed by atoms with Crippen molar-refractivity contribution in [3.8, 4) is 0 Å². The lowest BCUT2D eigenvalue weighted by atomic mass is 10.1. The van der Waals surface area contributed by atoms with Crippen LogP contribution in [0.15, 0.2) is 24.3 Å². The van der Waals surface area contributed by atoms with Crippen LogP contribution in [0.2, 0.25) is 5.02 Å². The van der Waals surface area contributed by atoms with E-state index in [2.05, 4.69) is 12.2 Å². The van der Waals surface area contributed by atoms with Gasteiger partial charge in [0.1, 0.15) is 0 Å². The molecule has 0 amide bonds. The molecule has 0 aliphatic carbocycles. The Morgan fingerprint density at radius 1 is 1.18 bits per heavy atom. The first-order chi connectivity index (χ1) is 10.6. The Morgan fingerprint density at radius 3 is 2.32 bits per heavy atom. The van der Waals surface area contributed by atoms with E-state index < -0.39 is 6.10 Å². The molecule has 6 heteroatoms. The monoisotopic (exact) mass is 347 g/mol. The number of benzene rings is 1. The molecule has 2 N–H and O–H groups in total. The van der Waals surface area contributed by atoms with Crippen molar-refractivity contribution in [2.24, 2.45) is 0 Å². The van der Waals surface area contributed by atoms with Crippen LogP contribution < -0.4 is 5.32 Å². The Labute approximate surface area is 140 Å². The zero-order chi connectivity index (χ0) is 16.4. The van der Waals surface area contributed by atoms with Gasteiger partial charge in [0.05, 0.1) is 6.10 Å². The first-order valence-corrected chi connectivity index (χ1v) is 9.36. The van der Waals surface area contributed by atoms with Crippen LogP contribution in [0, 0.1) is 0 Å². The van der Waals surface area contributed by atoms with E-state index in [9.17, 15) is 5.11 Å². The van der Waals surface area contributed by atoms with Crippen LogP contribution in [-0.4, -0.2) is 43.2 Å². The predicted molar refractivity (Wildman–Crippen MR) is 94.1 cm³/mol. The van der Waals surface area contributed by atoms with E-state index in [0.717, 1.165) is 10.6 Å². The van der Waals surface area contributed by atoms with Gasteiger partial charge in [0.25, 0.3) is 0 Å². The second-order valence-electron chi connectivity index (χ2n) is 4.99. The average Bonchev–Trinajstić information content (AvgIpc) is 2.51. The Bertz CT molecular complexity index is 399. The number of hydrogen-bond donors (Lipinski definition) is 2. The van der Waals surface area contributed by atoms with E-state index in [4.69, 9.17) is 21.1 Å². The topological polar surface area (TPSA) is 50.7 Å². The van der Waals surface area contributed by atoms with Crippen molar-refractivity contribution in [2.45, 2.75) is 38.9 Å². The van der Waals surface area contributed by atoms with Crippen molar-refractivity contribution in [3.05, 3.63) is 34.9 Å². The molecule has 0 aromatic heterocycles. The number of ether oxygens (including phenoxy) is 2. The van der Waals surface area contributed by atoms with Gasteiger partial charge in [-0.15, -0.1) is 0 Å². The molecule has 0 bridgehead atoms. The molecule has 0 spiro atoms. The maximum absolute atomic E-state index is 10.1. The summed E-state index contributed by atoms with van der Waals surface area (Å²) in [5.74, 6) is 0. The van der Waals surface area contributed by atoms with Crippen LogP contribution in [0.3, 0.4) is 0 Å². The van der Waals surface area contributed by atoms with E-state index in [1.54, 1.807) is 0 Å². The molecule has 0 saturated carbocycles. The number of aliphatic hydroxyl groups excluding tert-OH is 1. The third kappa shape index (κ3) is 7.87. The lowest BCUT2D eigenvalue weighted by molar-refractivity contribution is -0.0767. The van der Waals surface area contributed by atoms with Gasteiger partial charge in [-0.25, -0.2) is 0 Å². The Balaban J connectivity index is 2.29. The molecule has 0 fully saturated rings. The van der Waals surface area contributed by atoms with Crippen LogP contribution in [0.4, 0.5) is 0 Å². The highest BCUT2D eigenvalue weighted by atomic mass is 35.5. The van der Waals surface area contributed by atoms with Gasteiger partial charge in [-0.1, -0.05) is 32.3 Å². The van der Waals surface area contributed by atoms with Crippen LogP contribution in [-0.2, 0) is 9.47 Å². The minimum absolute atomic E-state index is 0.171. The van der Waals surface area contributed by atoms with E-state index >= 15 is 0 Å². The van der Waals surface area contributed by atoms with Gasteiger partial charge < -0.3 is 19.9 Å². The molecule has 1 aromatic rings. The van der Waals surface area contributed by atoms with E-state index in [0.29, 0.717) is 34.5 Å². The quantitative estimate of drug-likeness (QED) is 0.476. The first kappa shape index (κ1) is 19.8. The molecule has 0 heterocycles. The van der Waals surface area contributed by atoms with Gasteiger partial charge in [-0.3, -0.25) is 0 Å². The highest BCUT2D eigenvalue weighted by Crippen LogP contribution is 2.22. The summed E-state index contributed by atoms with van der Waals surface area (Å²) in [4.78, 5) is 0. The van der Waals surface area contributed by atoms with E-state index in [1.807, 2.05) is 38.1 Å². The van der Waals surface area contributed by atoms with E-state index in [1.165, 1.54) is 0 Å². The molecule has 22 heavy (non-hydrogen) atoms. The SMILES string of the molecule is CCOC(OCC)PC[C@@H](O)CNC(C)c1ccc(Cl)cc1. The predicted octanol–water partition coefficient (Wildman–Crippen LogP) is 3.39. The number of hydrogen-bond acceptors (Lipinski definition) is 4. The summed E-state index contributed by atoms with van der Waals surface area (Å²) in [6, 6.07) is 7.72. The zero-order valence-electron chi connectivity index (χ0n) is 13.5. The number of halogens is 1. The van der Waals surface area contributed by atoms with Crippen molar-refractivity contribution in [3.63, 3.8) is 0 Å². The summed E-state index contributed by atoms with van der Waals surface area (Å²) >= 11 is 5.88. The van der Waals surface area contributed by atoms with Crippen molar-refractivity contribution < 1.29 is 14.6 Å². The van der Waals surface area contributed by atoms with Crippen LogP contribution in [0.1, 0.15) is 32.4 Å². The number of nitrogens with one attached hydrogen (secondary N) is 1. The fraction of sp³-hybridized carbons (Fsp3) is 0.625. The molecule has 0 aliphatic heterocycles. The summed E-state index contributed by atoms with van der Waals surface area (Å²) in [7, 11) is 0.434. The minimum atomic E-state index is -0.406. The van der Waals surface area contributed by atoms with Crippen LogP contribution in [0.25, 0.3) is 0 Å². The molecule has 0 saturated heterocycles. The first-order valence-electron chi connectivity index (χ1n) is 7.70. The Morgan fingerprint density at radius 2 is 1.77 bits per heavy atom. The smallest absolute Gasteiger partial charge is 0.173 e. The van der Waals surface area contributed by atoms with Crippen molar-refractivity contribution in [1.82, 2.24) is 5.32 Å². The molecule has 4 nitrogen and oxygen atoms in total. The lowest BCUT2D eigenvalue weighted by Crippen LogP contribution is -2.31. The van der Waals surface area contributed by atoms with Crippen molar-refractivity contribution in [2.75, 3.05) is 25.9 Å². The van der Waals surface area contributed by atoms with Gasteiger partial charge in [-0.2, -0.15) is 0 Å². The highest BCUT2D eigenvalue weighted by molar-refractivity contribution is 7.38. The highest BCUT2D eigenvalue weighted by Gasteiger charge is 2.13. The fourth-order valence-corrected chi connectivity index (χ4v) is 3.26. The molecule has 1 aromatic carbocycles. The average molecular weight is 348 g/mol. The summed E-state index contributed by atoms with van der Waals surface area (Å²) in [6.45, 7) is 7.76. The summed E-state index contributed by atoms with van der Waals surface area (Å²) < 4.78 is 11.0.